The molecule has 0 atom stereocenters. The Morgan fingerprint density at radius 3 is 2.44 bits per heavy atom. The first-order valence-corrected chi connectivity index (χ1v) is 5.47. The number of rotatable bonds is 3. The molecule has 2 N–H and O–H groups in total. The summed E-state index contributed by atoms with van der Waals surface area (Å²) in [5.74, 6) is -0.774. The molecule has 0 saturated carbocycles. The van der Waals surface area contributed by atoms with Crippen LogP contribution in [0.4, 0.5) is 11.6 Å². The minimum absolute atomic E-state index is 0.0166. The summed E-state index contributed by atoms with van der Waals surface area (Å²) in [4.78, 5) is 19.0. The standard InChI is InChI=1S/C13H13N3O2/c1-8-3-5-10(6-4-8)15-13-14-9(2)7-11(16-13)12(17)18/h3-7H,1-2H3,(H,17,18)(H,14,15,16). The molecule has 5 heteroatoms. The SMILES string of the molecule is Cc1ccc(Nc2nc(C)cc(C(=O)O)n2)cc1. The Bertz CT molecular complexity index is 579. The maximum absolute atomic E-state index is 10.9. The first-order chi connectivity index (χ1) is 8.54. The summed E-state index contributed by atoms with van der Waals surface area (Å²) in [5.41, 5.74) is 2.56. The van der Waals surface area contributed by atoms with Crippen LogP contribution in [0.5, 0.6) is 0 Å². The molecular weight excluding hydrogens is 230 g/mol. The van der Waals surface area contributed by atoms with E-state index in [-0.39, 0.29) is 11.6 Å². The quantitative estimate of drug-likeness (QED) is 0.866. The Labute approximate surface area is 105 Å². The van der Waals surface area contributed by atoms with Crippen molar-refractivity contribution in [2.75, 3.05) is 5.32 Å². The molecule has 0 fully saturated rings. The molecule has 0 aliphatic rings. The summed E-state index contributed by atoms with van der Waals surface area (Å²) in [6, 6.07) is 9.12. The Balaban J connectivity index is 2.28. The molecule has 0 unspecified atom stereocenters. The maximum Gasteiger partial charge on any atom is 0.354 e. The van der Waals surface area contributed by atoms with Crippen molar-refractivity contribution in [3.63, 3.8) is 0 Å². The molecule has 1 aromatic carbocycles. The predicted octanol–water partition coefficient (Wildman–Crippen LogP) is 2.54. The molecule has 0 saturated heterocycles. The first kappa shape index (κ1) is 12.0. The minimum Gasteiger partial charge on any atom is -0.477 e. The Morgan fingerprint density at radius 2 is 1.83 bits per heavy atom. The topological polar surface area (TPSA) is 75.1 Å². The van der Waals surface area contributed by atoms with Crippen molar-refractivity contribution in [3.05, 3.63) is 47.3 Å². The fourth-order valence-electron chi connectivity index (χ4n) is 1.50. The van der Waals surface area contributed by atoms with Crippen LogP contribution in [-0.4, -0.2) is 21.0 Å². The summed E-state index contributed by atoms with van der Waals surface area (Å²) in [6.07, 6.45) is 0. The van der Waals surface area contributed by atoms with Gasteiger partial charge in [-0.1, -0.05) is 17.7 Å². The molecule has 92 valence electrons. The minimum atomic E-state index is -1.06. The van der Waals surface area contributed by atoms with Gasteiger partial charge in [-0.15, -0.1) is 0 Å². The van der Waals surface area contributed by atoms with Gasteiger partial charge in [0.15, 0.2) is 5.69 Å². The molecule has 1 heterocycles. The van der Waals surface area contributed by atoms with Crippen LogP contribution in [0.3, 0.4) is 0 Å². The second kappa shape index (κ2) is 4.83. The number of hydrogen-bond donors (Lipinski definition) is 2. The van der Waals surface area contributed by atoms with E-state index < -0.39 is 5.97 Å². The van der Waals surface area contributed by atoms with Crippen LogP contribution < -0.4 is 5.32 Å². The molecule has 0 radical (unpaired) electrons. The number of aromatic nitrogens is 2. The van der Waals surface area contributed by atoms with Crippen molar-refractivity contribution in [3.8, 4) is 0 Å². The first-order valence-electron chi connectivity index (χ1n) is 5.47. The average molecular weight is 243 g/mol. The molecule has 0 aliphatic carbocycles. The van der Waals surface area contributed by atoms with Crippen LogP contribution in [0.15, 0.2) is 30.3 Å². The van der Waals surface area contributed by atoms with Crippen LogP contribution in [0, 0.1) is 13.8 Å². The number of benzene rings is 1. The zero-order valence-electron chi connectivity index (χ0n) is 10.1. The molecule has 18 heavy (non-hydrogen) atoms. The van der Waals surface area contributed by atoms with Crippen LogP contribution in [0.2, 0.25) is 0 Å². The van der Waals surface area contributed by atoms with Gasteiger partial charge in [0, 0.05) is 11.4 Å². The lowest BCUT2D eigenvalue weighted by Gasteiger charge is -2.06. The van der Waals surface area contributed by atoms with Gasteiger partial charge in [0.25, 0.3) is 0 Å². The number of anilines is 2. The van der Waals surface area contributed by atoms with E-state index in [9.17, 15) is 4.79 Å². The maximum atomic E-state index is 10.9. The van der Waals surface area contributed by atoms with E-state index in [0.29, 0.717) is 5.69 Å². The van der Waals surface area contributed by atoms with Gasteiger partial charge in [-0.3, -0.25) is 0 Å². The van der Waals surface area contributed by atoms with Gasteiger partial charge in [0.05, 0.1) is 0 Å². The lowest BCUT2D eigenvalue weighted by molar-refractivity contribution is 0.0690. The second-order valence-electron chi connectivity index (χ2n) is 4.01. The highest BCUT2D eigenvalue weighted by atomic mass is 16.4. The summed E-state index contributed by atoms with van der Waals surface area (Å²) in [6.45, 7) is 3.73. The summed E-state index contributed by atoms with van der Waals surface area (Å²) in [5, 5.41) is 11.9. The monoisotopic (exact) mass is 243 g/mol. The summed E-state index contributed by atoms with van der Waals surface area (Å²) < 4.78 is 0. The number of hydrogen-bond acceptors (Lipinski definition) is 4. The van der Waals surface area contributed by atoms with E-state index in [1.54, 1.807) is 6.92 Å². The lowest BCUT2D eigenvalue weighted by atomic mass is 10.2. The van der Waals surface area contributed by atoms with E-state index in [0.717, 1.165) is 11.3 Å². The third kappa shape index (κ3) is 2.82. The van der Waals surface area contributed by atoms with Crippen molar-refractivity contribution in [2.45, 2.75) is 13.8 Å². The smallest absolute Gasteiger partial charge is 0.354 e. The van der Waals surface area contributed by atoms with Crippen LogP contribution >= 0.6 is 0 Å². The van der Waals surface area contributed by atoms with Gasteiger partial charge in [-0.05, 0) is 32.0 Å². The van der Waals surface area contributed by atoms with Crippen molar-refractivity contribution in [1.29, 1.82) is 0 Å². The Kier molecular flexibility index (Phi) is 3.23. The van der Waals surface area contributed by atoms with E-state index >= 15 is 0 Å². The van der Waals surface area contributed by atoms with E-state index in [4.69, 9.17) is 5.11 Å². The van der Waals surface area contributed by atoms with Crippen molar-refractivity contribution in [2.24, 2.45) is 0 Å². The number of carboxylic acids is 1. The number of aryl methyl sites for hydroxylation is 2. The number of carbonyl (C=O) groups is 1. The van der Waals surface area contributed by atoms with Crippen LogP contribution in [0.1, 0.15) is 21.7 Å². The molecule has 0 bridgehead atoms. The Morgan fingerprint density at radius 1 is 1.17 bits per heavy atom. The molecule has 0 aliphatic heterocycles. The normalized spacial score (nSPS) is 10.1. The van der Waals surface area contributed by atoms with Crippen molar-refractivity contribution in [1.82, 2.24) is 9.97 Å². The van der Waals surface area contributed by atoms with Gasteiger partial charge in [-0.25, -0.2) is 14.8 Å². The van der Waals surface area contributed by atoms with Gasteiger partial charge in [0.1, 0.15) is 0 Å². The number of nitrogens with zero attached hydrogens (tertiary/aromatic N) is 2. The van der Waals surface area contributed by atoms with Crippen LogP contribution in [-0.2, 0) is 0 Å². The third-order valence-electron chi connectivity index (χ3n) is 2.38. The van der Waals surface area contributed by atoms with E-state index in [1.165, 1.54) is 6.07 Å². The fraction of sp³-hybridized carbons (Fsp3) is 0.154. The molecular formula is C13H13N3O2. The molecule has 5 nitrogen and oxygen atoms in total. The van der Waals surface area contributed by atoms with Gasteiger partial charge in [-0.2, -0.15) is 0 Å². The lowest BCUT2D eigenvalue weighted by Crippen LogP contribution is -2.06. The number of aromatic carboxylic acids is 1. The highest BCUT2D eigenvalue weighted by molar-refractivity contribution is 5.85. The van der Waals surface area contributed by atoms with E-state index in [2.05, 4.69) is 15.3 Å². The third-order valence-corrected chi connectivity index (χ3v) is 2.38. The number of carboxylic acid groups (broad SMARTS) is 1. The van der Waals surface area contributed by atoms with Crippen LogP contribution in [0.25, 0.3) is 0 Å². The fourth-order valence-corrected chi connectivity index (χ4v) is 1.50. The van der Waals surface area contributed by atoms with E-state index in [1.807, 2.05) is 31.2 Å². The zero-order chi connectivity index (χ0) is 13.1. The molecule has 2 rings (SSSR count). The molecule has 2 aromatic rings. The second-order valence-corrected chi connectivity index (χ2v) is 4.01. The molecule has 1 aromatic heterocycles. The zero-order valence-corrected chi connectivity index (χ0v) is 10.1. The van der Waals surface area contributed by atoms with Crippen molar-refractivity contribution < 1.29 is 9.90 Å². The highest BCUT2D eigenvalue weighted by Crippen LogP contribution is 2.14. The van der Waals surface area contributed by atoms with Crippen molar-refractivity contribution >= 4 is 17.6 Å². The van der Waals surface area contributed by atoms with Gasteiger partial charge < -0.3 is 10.4 Å². The Hall–Kier alpha value is -2.43. The predicted molar refractivity (Wildman–Crippen MR) is 68.2 cm³/mol. The van der Waals surface area contributed by atoms with Gasteiger partial charge in [0.2, 0.25) is 5.95 Å². The highest BCUT2D eigenvalue weighted by Gasteiger charge is 2.08. The summed E-state index contributed by atoms with van der Waals surface area (Å²) >= 11 is 0. The molecule has 0 spiro atoms. The average Bonchev–Trinajstić information content (AvgIpc) is 2.31. The molecule has 0 amide bonds. The largest absolute Gasteiger partial charge is 0.477 e. The number of nitrogens with one attached hydrogen (secondary N) is 1. The van der Waals surface area contributed by atoms with Gasteiger partial charge >= 0.3 is 5.97 Å². The summed E-state index contributed by atoms with van der Waals surface area (Å²) in [7, 11) is 0.